The Morgan fingerprint density at radius 3 is 2.55 bits per heavy atom. The maximum Gasteiger partial charge on any atom is 0.330 e. The van der Waals surface area contributed by atoms with E-state index in [9.17, 15) is 4.79 Å². The van der Waals surface area contributed by atoms with Crippen molar-refractivity contribution in [3.63, 3.8) is 0 Å². The Balaban J connectivity index is 2.77. The van der Waals surface area contributed by atoms with Crippen molar-refractivity contribution in [2.45, 2.75) is 32.7 Å². The highest BCUT2D eigenvalue weighted by Crippen LogP contribution is 2.26. The number of thioether (sulfide) groups is 1. The predicted molar refractivity (Wildman–Crippen MR) is 85.7 cm³/mol. The molecule has 0 amide bonds. The van der Waals surface area contributed by atoms with Gasteiger partial charge in [0, 0.05) is 0 Å². The van der Waals surface area contributed by atoms with Crippen molar-refractivity contribution in [2.75, 3.05) is 18.1 Å². The summed E-state index contributed by atoms with van der Waals surface area (Å²) >= 11 is 1.83. The molecule has 0 aliphatic heterocycles. The second-order valence-corrected chi connectivity index (χ2v) is 6.43. The Kier molecular flexibility index (Phi) is 7.10. The molecule has 4 heteroatoms. The van der Waals surface area contributed by atoms with Gasteiger partial charge in [0.25, 0.3) is 0 Å². The molecule has 0 aliphatic carbocycles. The van der Waals surface area contributed by atoms with E-state index in [4.69, 9.17) is 10.5 Å². The van der Waals surface area contributed by atoms with E-state index < -0.39 is 5.54 Å². The smallest absolute Gasteiger partial charge is 0.330 e. The summed E-state index contributed by atoms with van der Waals surface area (Å²) in [7, 11) is 0. The van der Waals surface area contributed by atoms with Crippen molar-refractivity contribution in [3.05, 3.63) is 35.9 Å². The maximum absolute atomic E-state index is 12.2. The summed E-state index contributed by atoms with van der Waals surface area (Å²) < 4.78 is 5.17. The Bertz CT molecular complexity index is 408. The number of rotatable bonds is 8. The summed E-state index contributed by atoms with van der Waals surface area (Å²) in [5.41, 5.74) is 6.16. The summed E-state index contributed by atoms with van der Waals surface area (Å²) in [6.07, 6.45) is 0.591. The van der Waals surface area contributed by atoms with Crippen molar-refractivity contribution in [1.29, 1.82) is 0 Å². The first-order valence-electron chi connectivity index (χ1n) is 7.10. The fourth-order valence-corrected chi connectivity index (χ4v) is 3.02. The molecule has 1 rings (SSSR count). The largest absolute Gasteiger partial charge is 0.464 e. The lowest BCUT2D eigenvalue weighted by Gasteiger charge is -2.27. The molecular weight excluding hydrogens is 270 g/mol. The molecule has 20 heavy (non-hydrogen) atoms. The van der Waals surface area contributed by atoms with Crippen LogP contribution < -0.4 is 5.73 Å². The lowest BCUT2D eigenvalue weighted by molar-refractivity contribution is -0.150. The minimum atomic E-state index is -1.04. The molecule has 1 aromatic rings. The van der Waals surface area contributed by atoms with E-state index >= 15 is 0 Å². The van der Waals surface area contributed by atoms with Crippen LogP contribution in [0.1, 0.15) is 32.8 Å². The predicted octanol–water partition coefficient (Wildman–Crippen LogP) is 3.18. The molecule has 0 saturated heterocycles. The summed E-state index contributed by atoms with van der Waals surface area (Å²) in [5, 5.41) is 0. The van der Waals surface area contributed by atoms with Gasteiger partial charge in [-0.15, -0.1) is 0 Å². The van der Waals surface area contributed by atoms with E-state index in [1.54, 1.807) is 6.92 Å². The van der Waals surface area contributed by atoms with E-state index in [1.807, 2.05) is 42.1 Å². The number of hydrogen-bond acceptors (Lipinski definition) is 4. The molecular formula is C16H25NO2S. The van der Waals surface area contributed by atoms with Gasteiger partial charge in [0.05, 0.1) is 6.61 Å². The van der Waals surface area contributed by atoms with E-state index in [2.05, 4.69) is 13.8 Å². The SMILES string of the molecule is CCOC(=O)C(N)(CCSCC(C)C)c1ccccc1. The highest BCUT2D eigenvalue weighted by atomic mass is 32.2. The minimum Gasteiger partial charge on any atom is -0.464 e. The van der Waals surface area contributed by atoms with Crippen molar-refractivity contribution in [1.82, 2.24) is 0 Å². The zero-order valence-electron chi connectivity index (χ0n) is 12.6. The van der Waals surface area contributed by atoms with Crippen molar-refractivity contribution in [2.24, 2.45) is 11.7 Å². The molecule has 0 saturated carbocycles. The van der Waals surface area contributed by atoms with Gasteiger partial charge in [-0.1, -0.05) is 44.2 Å². The first kappa shape index (κ1) is 17.1. The zero-order chi connectivity index (χ0) is 15.0. The van der Waals surface area contributed by atoms with Crippen molar-refractivity contribution >= 4 is 17.7 Å². The van der Waals surface area contributed by atoms with Gasteiger partial charge in [-0.25, -0.2) is 4.79 Å². The fourth-order valence-electron chi connectivity index (χ4n) is 1.91. The minimum absolute atomic E-state index is 0.337. The Morgan fingerprint density at radius 2 is 2.00 bits per heavy atom. The number of nitrogens with two attached hydrogens (primary N) is 1. The van der Waals surface area contributed by atoms with Gasteiger partial charge < -0.3 is 10.5 Å². The van der Waals surface area contributed by atoms with Gasteiger partial charge in [0.15, 0.2) is 0 Å². The highest BCUT2D eigenvalue weighted by Gasteiger charge is 2.36. The molecule has 3 nitrogen and oxygen atoms in total. The molecule has 0 fully saturated rings. The summed E-state index contributed by atoms with van der Waals surface area (Å²) in [5.74, 6) is 2.23. The Labute approximate surface area is 126 Å². The molecule has 0 heterocycles. The number of ether oxygens (including phenoxy) is 1. The summed E-state index contributed by atoms with van der Waals surface area (Å²) in [4.78, 5) is 12.2. The maximum atomic E-state index is 12.2. The third-order valence-electron chi connectivity index (χ3n) is 3.02. The second kappa shape index (κ2) is 8.32. The molecule has 2 N–H and O–H groups in total. The van der Waals surface area contributed by atoms with E-state index in [1.165, 1.54) is 0 Å². The lowest BCUT2D eigenvalue weighted by Crippen LogP contribution is -2.46. The van der Waals surface area contributed by atoms with Gasteiger partial charge in [0.1, 0.15) is 5.54 Å². The van der Waals surface area contributed by atoms with Crippen LogP contribution in [0.4, 0.5) is 0 Å². The van der Waals surface area contributed by atoms with Gasteiger partial charge in [-0.2, -0.15) is 11.8 Å². The average Bonchev–Trinajstić information content (AvgIpc) is 2.44. The monoisotopic (exact) mass is 295 g/mol. The quantitative estimate of drug-likeness (QED) is 0.591. The highest BCUT2D eigenvalue weighted by molar-refractivity contribution is 7.99. The van der Waals surface area contributed by atoms with E-state index in [-0.39, 0.29) is 5.97 Å². The molecule has 0 radical (unpaired) electrons. The number of hydrogen-bond donors (Lipinski definition) is 1. The summed E-state index contributed by atoms with van der Waals surface area (Å²) in [6, 6.07) is 9.51. The van der Waals surface area contributed by atoms with Gasteiger partial charge in [-0.05, 0) is 36.3 Å². The van der Waals surface area contributed by atoms with E-state index in [0.717, 1.165) is 17.1 Å². The van der Waals surface area contributed by atoms with Crippen molar-refractivity contribution in [3.8, 4) is 0 Å². The zero-order valence-corrected chi connectivity index (χ0v) is 13.4. The first-order chi connectivity index (χ1) is 9.50. The van der Waals surface area contributed by atoms with Crippen LogP contribution in [0.15, 0.2) is 30.3 Å². The van der Waals surface area contributed by atoms with Crippen LogP contribution >= 0.6 is 11.8 Å². The fraction of sp³-hybridized carbons (Fsp3) is 0.562. The average molecular weight is 295 g/mol. The molecule has 1 aromatic carbocycles. The Morgan fingerprint density at radius 1 is 1.35 bits per heavy atom. The second-order valence-electron chi connectivity index (χ2n) is 5.28. The topological polar surface area (TPSA) is 52.3 Å². The number of esters is 1. The normalized spacial score (nSPS) is 14.1. The standard InChI is InChI=1S/C16H25NO2S/c1-4-19-15(18)16(17,10-11-20-12-13(2)3)14-8-6-5-7-9-14/h5-9,13H,4,10-12,17H2,1-3H3. The first-order valence-corrected chi connectivity index (χ1v) is 8.25. The van der Waals surface area contributed by atoms with Crippen LogP contribution in [0.2, 0.25) is 0 Å². The lowest BCUT2D eigenvalue weighted by atomic mass is 9.88. The third-order valence-corrected chi connectivity index (χ3v) is 4.42. The molecule has 1 atom stereocenters. The third kappa shape index (κ3) is 4.84. The van der Waals surface area contributed by atoms with Crippen molar-refractivity contribution < 1.29 is 9.53 Å². The molecule has 0 bridgehead atoms. The Hall–Kier alpha value is -1.00. The number of benzene rings is 1. The van der Waals surface area contributed by atoms with Crippen LogP contribution in [-0.4, -0.2) is 24.1 Å². The van der Waals surface area contributed by atoms with Crippen LogP contribution in [-0.2, 0) is 15.1 Å². The molecule has 0 aliphatic rings. The van der Waals surface area contributed by atoms with Crippen LogP contribution in [0.5, 0.6) is 0 Å². The van der Waals surface area contributed by atoms with Gasteiger partial charge >= 0.3 is 5.97 Å². The van der Waals surface area contributed by atoms with Gasteiger partial charge in [-0.3, -0.25) is 0 Å². The molecule has 0 spiro atoms. The molecule has 112 valence electrons. The number of carbonyl (C=O) groups is 1. The summed E-state index contributed by atoms with van der Waals surface area (Å²) in [6.45, 7) is 6.52. The molecule has 0 aromatic heterocycles. The molecule has 1 unspecified atom stereocenters. The van der Waals surface area contributed by atoms with Crippen LogP contribution in [0.25, 0.3) is 0 Å². The van der Waals surface area contributed by atoms with Crippen LogP contribution in [0.3, 0.4) is 0 Å². The van der Waals surface area contributed by atoms with Crippen LogP contribution in [0, 0.1) is 5.92 Å². The van der Waals surface area contributed by atoms with E-state index in [0.29, 0.717) is 18.9 Å². The van der Waals surface area contributed by atoms with Gasteiger partial charge in [0.2, 0.25) is 0 Å². The number of carbonyl (C=O) groups excluding carboxylic acids is 1.